The number of ether oxygens (including phenoxy) is 10. The minimum absolute atomic E-state index is 0.121. The Labute approximate surface area is 598 Å². The van der Waals surface area contributed by atoms with Crippen molar-refractivity contribution >= 4 is 70.6 Å². The number of likely N-dealkylation sites (N-methyl/N-ethyl adjacent to an activating group) is 1. The van der Waals surface area contributed by atoms with Gasteiger partial charge in [0.25, 0.3) is 5.91 Å². The van der Waals surface area contributed by atoms with Crippen LogP contribution in [0.3, 0.4) is 0 Å². The molecule has 0 atom stereocenters. The summed E-state index contributed by atoms with van der Waals surface area (Å²) >= 11 is 0. The largest absolute Gasteiger partial charge is 0.497 e. The maximum atomic E-state index is 13.0. The normalized spacial score (nSPS) is 11.0. The van der Waals surface area contributed by atoms with Gasteiger partial charge in [-0.25, -0.2) is 9.59 Å². The van der Waals surface area contributed by atoms with Crippen molar-refractivity contribution in [2.45, 2.75) is 45.4 Å². The molecule has 0 aliphatic rings. The summed E-state index contributed by atoms with van der Waals surface area (Å²) in [6.45, 7) is 2.16. The number of aliphatic carboxylic acids is 2. The Bertz CT molecular complexity index is 4370. The predicted octanol–water partition coefficient (Wildman–Crippen LogP) is 14.7. The van der Waals surface area contributed by atoms with Crippen LogP contribution in [0.5, 0.6) is 69.0 Å². The highest BCUT2D eigenvalue weighted by Crippen LogP contribution is 2.34. The van der Waals surface area contributed by atoms with Crippen molar-refractivity contribution in [1.29, 1.82) is 0 Å². The number of carboxylic acids is 2. The lowest BCUT2D eigenvalue weighted by Crippen LogP contribution is -2.22. The second kappa shape index (κ2) is 39.1. The number of carboxylic acid groups (broad SMARTS) is 2. The van der Waals surface area contributed by atoms with E-state index in [4.69, 9.17) is 58.8 Å². The molecular weight excluding hydrogens is 1310 g/mol. The van der Waals surface area contributed by atoms with Crippen LogP contribution in [0.15, 0.2) is 200 Å². The highest BCUT2D eigenvalue weighted by atomic mass is 16.5. The van der Waals surface area contributed by atoms with E-state index in [1.165, 1.54) is 33.3 Å². The highest BCUT2D eigenvalue weighted by Gasteiger charge is 2.18. The standard InChI is InChI=1S/C28H30N2O5.C28H28O7.C26H25NO6/c1-30(2)28(32)26(17-20-15-24(33-3)18-25(16-20)34-4)21-8-12-23(13-9-21)35-22-10-5-19(6-11-22)7-14-27(29)31;1-4-34-27(29)14-7-19-5-10-22(11-6-19)35-23-12-8-21(9-13-23)26(28(30)31)17-20-15-24(32-2)18-25(16-20)33-3;1-31-22-13-18(14-23(16-22)32-2)15-24(26(29)30)19-6-10-21(11-7-19)33-20-8-3-17(4-9-20)5-12-25(27)28/h5-6,8-13,15-18H,7,14H2,1-4H3,(H2,29,31);5-6,8-13,15-18H,4,7,14H2,1-3H3,(H,30,31);3-4,6-11,13-16H,5,12H2,1-2H3,(H2,27,28)(H,29,30)/b2*26-17+;24-15+. The topological polar surface area (TPSA) is 290 Å². The number of methoxy groups -OCH3 is 6. The van der Waals surface area contributed by atoms with Gasteiger partial charge < -0.3 is 73.9 Å². The van der Waals surface area contributed by atoms with Crippen LogP contribution < -0.4 is 54.1 Å². The zero-order chi connectivity index (χ0) is 74.4. The lowest BCUT2D eigenvalue weighted by molar-refractivity contribution is -0.143. The van der Waals surface area contributed by atoms with Gasteiger partial charge in [0.2, 0.25) is 11.8 Å². The first-order chi connectivity index (χ1) is 49.6. The quantitative estimate of drug-likeness (QED) is 0.0178. The summed E-state index contributed by atoms with van der Waals surface area (Å²) in [6, 6.07) is 59.1. The molecule has 0 heterocycles. The number of esters is 1. The Balaban J connectivity index is 0.000000216. The Hall–Kier alpha value is -12.8. The number of benzene rings is 9. The average molecular weight is 1400 g/mol. The summed E-state index contributed by atoms with van der Waals surface area (Å²) in [5.41, 5.74) is 18.0. The zero-order valence-corrected chi connectivity index (χ0v) is 58.8. The summed E-state index contributed by atoms with van der Waals surface area (Å²) in [6.07, 6.45) is 7.65. The molecule has 9 aromatic carbocycles. The van der Waals surface area contributed by atoms with Crippen molar-refractivity contribution in [1.82, 2.24) is 4.90 Å². The van der Waals surface area contributed by atoms with Crippen molar-refractivity contribution in [2.24, 2.45) is 11.5 Å². The number of hydrogen-bond donors (Lipinski definition) is 4. The van der Waals surface area contributed by atoms with Crippen molar-refractivity contribution in [3.8, 4) is 69.0 Å². The van der Waals surface area contributed by atoms with Crippen LogP contribution >= 0.6 is 0 Å². The Morgan fingerprint density at radius 2 is 0.592 bits per heavy atom. The first-order valence-electron chi connectivity index (χ1n) is 32.4. The zero-order valence-electron chi connectivity index (χ0n) is 58.8. The number of carbonyl (C=O) groups is 6. The predicted molar refractivity (Wildman–Crippen MR) is 395 cm³/mol. The lowest BCUT2D eigenvalue weighted by atomic mass is 10.0. The minimum Gasteiger partial charge on any atom is -0.497 e. The van der Waals surface area contributed by atoms with Gasteiger partial charge in [-0.3, -0.25) is 19.2 Å². The van der Waals surface area contributed by atoms with Crippen LogP contribution in [-0.2, 0) is 52.8 Å². The Kier molecular flexibility index (Phi) is 29.5. The number of amides is 3. The van der Waals surface area contributed by atoms with Gasteiger partial charge in [-0.2, -0.15) is 0 Å². The van der Waals surface area contributed by atoms with Gasteiger partial charge in [-0.15, -0.1) is 0 Å². The number of aryl methyl sites for hydroxylation is 3. The van der Waals surface area contributed by atoms with Gasteiger partial charge in [0.1, 0.15) is 69.0 Å². The second-order valence-corrected chi connectivity index (χ2v) is 23.0. The lowest BCUT2D eigenvalue weighted by Gasteiger charge is -2.15. The molecule has 0 spiro atoms. The van der Waals surface area contributed by atoms with E-state index in [-0.39, 0.29) is 34.8 Å². The summed E-state index contributed by atoms with van der Waals surface area (Å²) in [4.78, 5) is 71.8. The summed E-state index contributed by atoms with van der Waals surface area (Å²) in [7, 11) is 12.7. The van der Waals surface area contributed by atoms with Crippen LogP contribution in [0.1, 0.15) is 76.3 Å². The summed E-state index contributed by atoms with van der Waals surface area (Å²) in [5, 5.41) is 19.5. The fraction of sp³-hybridized carbons (Fsp3) is 0.195. The van der Waals surface area contributed by atoms with E-state index in [1.807, 2.05) is 115 Å². The molecule has 3 amide bonds. The van der Waals surface area contributed by atoms with Crippen LogP contribution in [-0.4, -0.2) is 114 Å². The molecular formula is C82H83N3O18. The molecule has 534 valence electrons. The van der Waals surface area contributed by atoms with Crippen LogP contribution in [0.25, 0.3) is 34.9 Å². The fourth-order valence-corrected chi connectivity index (χ4v) is 9.99. The molecule has 21 heteroatoms. The first-order valence-corrected chi connectivity index (χ1v) is 32.4. The van der Waals surface area contributed by atoms with Gasteiger partial charge in [0.15, 0.2) is 0 Å². The third kappa shape index (κ3) is 24.9. The number of hydrogen-bond acceptors (Lipinski definition) is 16. The van der Waals surface area contributed by atoms with E-state index < -0.39 is 11.9 Å². The smallest absolute Gasteiger partial charge is 0.336 e. The number of rotatable bonds is 31. The van der Waals surface area contributed by atoms with E-state index in [9.17, 15) is 39.0 Å². The average Bonchev–Trinajstić information content (AvgIpc) is 0.841. The number of primary amides is 2. The van der Waals surface area contributed by atoms with E-state index >= 15 is 0 Å². The molecule has 0 saturated carbocycles. The van der Waals surface area contributed by atoms with E-state index in [2.05, 4.69) is 0 Å². The molecule has 0 fully saturated rings. The number of carbonyl (C=O) groups excluding carboxylic acids is 4. The molecule has 103 heavy (non-hydrogen) atoms. The third-order valence-corrected chi connectivity index (χ3v) is 15.4. The van der Waals surface area contributed by atoms with Gasteiger partial charge in [0.05, 0.1) is 60.4 Å². The molecule has 9 aromatic rings. The van der Waals surface area contributed by atoms with Gasteiger partial charge >= 0.3 is 17.9 Å². The van der Waals surface area contributed by atoms with Gasteiger partial charge in [0, 0.05) is 57.1 Å². The van der Waals surface area contributed by atoms with Crippen LogP contribution in [0, 0.1) is 0 Å². The molecule has 0 radical (unpaired) electrons. The molecule has 0 unspecified atom stereocenters. The molecule has 6 N–H and O–H groups in total. The first kappa shape index (κ1) is 77.6. The molecule has 0 aromatic heterocycles. The van der Waals surface area contributed by atoms with Crippen molar-refractivity contribution < 1.29 is 86.3 Å². The monoisotopic (exact) mass is 1400 g/mol. The van der Waals surface area contributed by atoms with Gasteiger partial charge in [-0.05, 0) is 204 Å². The van der Waals surface area contributed by atoms with E-state index in [0.29, 0.717) is 142 Å². The van der Waals surface area contributed by atoms with Crippen LogP contribution in [0.2, 0.25) is 0 Å². The molecule has 21 nitrogen and oxygen atoms in total. The minimum atomic E-state index is -1.06. The number of nitrogens with zero attached hydrogens (tertiary/aromatic N) is 1. The second-order valence-electron chi connectivity index (χ2n) is 23.0. The van der Waals surface area contributed by atoms with Crippen molar-refractivity contribution in [3.63, 3.8) is 0 Å². The number of nitrogens with two attached hydrogens (primary N) is 2. The maximum Gasteiger partial charge on any atom is 0.336 e. The highest BCUT2D eigenvalue weighted by molar-refractivity contribution is 6.24. The van der Waals surface area contributed by atoms with Crippen molar-refractivity contribution in [3.05, 3.63) is 250 Å². The SMILES string of the molecule is CCOC(=O)CCc1ccc(Oc2ccc(/C(=C\c3cc(OC)cc(OC)c3)C(=O)O)cc2)cc1.COc1cc(/C=C(/C(=O)N(C)C)c2ccc(Oc3ccc(CCC(N)=O)cc3)cc2)cc(OC)c1.COc1cc(/C=C(/C(=O)O)c2ccc(Oc3ccc(CCC(N)=O)cc3)cc2)cc(OC)c1. The van der Waals surface area contributed by atoms with Crippen molar-refractivity contribution in [2.75, 3.05) is 63.4 Å². The molecule has 0 aliphatic carbocycles. The summed E-state index contributed by atoms with van der Waals surface area (Å²) in [5.74, 6) is 4.12. The Morgan fingerprint density at radius 3 is 0.825 bits per heavy atom. The Morgan fingerprint density at radius 1 is 0.350 bits per heavy atom. The molecule has 0 aliphatic heterocycles. The van der Waals surface area contributed by atoms with E-state index in [1.54, 1.807) is 138 Å². The maximum absolute atomic E-state index is 13.0. The van der Waals surface area contributed by atoms with Gasteiger partial charge in [-0.1, -0.05) is 72.8 Å². The molecule has 0 bridgehead atoms. The third-order valence-electron chi connectivity index (χ3n) is 15.4. The summed E-state index contributed by atoms with van der Waals surface area (Å²) < 4.78 is 54.4. The molecule has 9 rings (SSSR count). The molecule has 0 saturated heterocycles. The van der Waals surface area contributed by atoms with E-state index in [0.717, 1.165) is 27.8 Å². The van der Waals surface area contributed by atoms with Crippen LogP contribution in [0.4, 0.5) is 0 Å². The fourth-order valence-electron chi connectivity index (χ4n) is 9.99.